The normalized spacial score (nSPS) is 54.0. The van der Waals surface area contributed by atoms with E-state index in [0.29, 0.717) is 33.2 Å². The predicted molar refractivity (Wildman–Crippen MR) is 131 cm³/mol. The predicted octanol–water partition coefficient (Wildman–Crippen LogP) is 8.12. The minimum atomic E-state index is -0.769. The minimum Gasteiger partial charge on any atom is -0.478 e. The van der Waals surface area contributed by atoms with E-state index in [1.165, 1.54) is 64.2 Å². The zero-order chi connectivity index (χ0) is 23.3. The molecule has 0 aromatic carbocycles. The molecule has 5 fully saturated rings. The number of aliphatic carboxylic acids is 1. The molecular formula is C30H48O2. The first kappa shape index (κ1) is 23.0. The summed E-state index contributed by atoms with van der Waals surface area (Å²) in [4.78, 5) is 11.8. The molecular weight excluding hydrogens is 392 g/mol. The lowest BCUT2D eigenvalue weighted by Gasteiger charge is -2.73. The van der Waals surface area contributed by atoms with E-state index in [0.717, 1.165) is 24.2 Å². The van der Waals surface area contributed by atoms with Crippen LogP contribution in [-0.4, -0.2) is 11.1 Å². The van der Waals surface area contributed by atoms with Gasteiger partial charge in [0.25, 0.3) is 0 Å². The van der Waals surface area contributed by atoms with Gasteiger partial charge in [0.2, 0.25) is 0 Å². The van der Waals surface area contributed by atoms with Gasteiger partial charge in [-0.15, -0.1) is 0 Å². The summed E-state index contributed by atoms with van der Waals surface area (Å²) in [7, 11) is 0. The van der Waals surface area contributed by atoms with Gasteiger partial charge in [-0.25, -0.2) is 4.79 Å². The van der Waals surface area contributed by atoms with Crippen molar-refractivity contribution >= 4 is 5.97 Å². The summed E-state index contributed by atoms with van der Waals surface area (Å²) < 4.78 is 0. The van der Waals surface area contributed by atoms with Crippen molar-refractivity contribution in [3.8, 4) is 0 Å². The Bertz CT molecular complexity index is 827. The molecule has 0 heterocycles. The van der Waals surface area contributed by atoms with Gasteiger partial charge in [-0.1, -0.05) is 54.5 Å². The monoisotopic (exact) mass is 440 g/mol. The van der Waals surface area contributed by atoms with E-state index in [9.17, 15) is 9.90 Å². The fourth-order valence-corrected chi connectivity index (χ4v) is 11.9. The molecule has 2 nitrogen and oxygen atoms in total. The highest BCUT2D eigenvalue weighted by molar-refractivity contribution is 5.86. The van der Waals surface area contributed by atoms with Crippen LogP contribution in [0, 0.1) is 56.7 Å². The van der Waals surface area contributed by atoms with Crippen LogP contribution in [0.3, 0.4) is 0 Å². The molecule has 0 aliphatic heterocycles. The van der Waals surface area contributed by atoms with Gasteiger partial charge in [-0.2, -0.15) is 0 Å². The second-order valence-electron chi connectivity index (χ2n) is 14.6. The molecule has 0 amide bonds. The van der Waals surface area contributed by atoms with Crippen molar-refractivity contribution in [2.45, 2.75) is 112 Å². The van der Waals surface area contributed by atoms with Gasteiger partial charge in [0.05, 0.1) is 0 Å². The molecule has 5 aliphatic rings. The third-order valence-electron chi connectivity index (χ3n) is 13.4. The van der Waals surface area contributed by atoms with Crippen LogP contribution in [0.1, 0.15) is 112 Å². The molecule has 1 N–H and O–H groups in total. The summed E-state index contributed by atoms with van der Waals surface area (Å²) in [6.07, 6.45) is 14.5. The molecule has 5 aliphatic carbocycles. The van der Waals surface area contributed by atoms with Crippen molar-refractivity contribution in [1.82, 2.24) is 0 Å². The maximum Gasteiger partial charge on any atom is 0.331 e. The average Bonchev–Trinajstić information content (AvgIpc) is 3.04. The van der Waals surface area contributed by atoms with E-state index in [1.807, 2.05) is 0 Å². The van der Waals surface area contributed by atoms with E-state index < -0.39 is 5.97 Å². The number of carboxylic acid groups (broad SMARTS) is 1. The Morgan fingerprint density at radius 1 is 0.719 bits per heavy atom. The first-order valence-corrected chi connectivity index (χ1v) is 13.7. The van der Waals surface area contributed by atoms with Crippen molar-refractivity contribution in [1.29, 1.82) is 0 Å². The SMILES string of the molecule is C=C(C(=O)O)[C@H]1CC[C@@]2(C)C1CC[C@@]1(C)[C@@H]2CC[C@@H]2[C@@]3(C)CCCC(C)(C)[C@@H]3CC[C@]21C. The van der Waals surface area contributed by atoms with Crippen molar-refractivity contribution in [3.63, 3.8) is 0 Å². The zero-order valence-electron chi connectivity index (χ0n) is 21.7. The maximum absolute atomic E-state index is 11.8. The molecule has 32 heavy (non-hydrogen) atoms. The molecule has 180 valence electrons. The van der Waals surface area contributed by atoms with Crippen LogP contribution >= 0.6 is 0 Å². The number of hydrogen-bond acceptors (Lipinski definition) is 1. The van der Waals surface area contributed by atoms with E-state index in [2.05, 4.69) is 48.1 Å². The Morgan fingerprint density at radius 3 is 1.94 bits per heavy atom. The fraction of sp³-hybridized carbons (Fsp3) is 0.900. The summed E-state index contributed by atoms with van der Waals surface area (Å²) in [6.45, 7) is 19.8. The van der Waals surface area contributed by atoms with Crippen molar-refractivity contribution in [3.05, 3.63) is 12.2 Å². The Balaban J connectivity index is 1.50. The molecule has 0 radical (unpaired) electrons. The van der Waals surface area contributed by atoms with Crippen molar-refractivity contribution in [2.24, 2.45) is 56.7 Å². The Hall–Kier alpha value is -0.790. The molecule has 5 rings (SSSR count). The van der Waals surface area contributed by atoms with Gasteiger partial charge < -0.3 is 5.11 Å². The molecule has 0 aromatic rings. The van der Waals surface area contributed by atoms with Crippen molar-refractivity contribution in [2.75, 3.05) is 0 Å². The van der Waals surface area contributed by atoms with Crippen LogP contribution in [0.25, 0.3) is 0 Å². The zero-order valence-corrected chi connectivity index (χ0v) is 21.7. The van der Waals surface area contributed by atoms with Crippen LogP contribution in [0.5, 0.6) is 0 Å². The number of carboxylic acids is 1. The number of fused-ring (bicyclic) bond motifs is 7. The van der Waals surface area contributed by atoms with Crippen LogP contribution in [0.2, 0.25) is 0 Å². The molecule has 0 bridgehead atoms. The Labute approximate surface area is 197 Å². The molecule has 9 atom stereocenters. The lowest BCUT2D eigenvalue weighted by Crippen LogP contribution is -2.65. The van der Waals surface area contributed by atoms with Gasteiger partial charge in [-0.05, 0) is 121 Å². The van der Waals surface area contributed by atoms with Gasteiger partial charge in [0.1, 0.15) is 0 Å². The standard InChI is InChI=1S/C30H48O2/c1-19(25(31)32)20-11-16-27(4)21(20)12-17-29(6)23(27)9-10-24-28(5)15-8-14-26(2,3)22(28)13-18-30(24,29)7/h20-24H,1,8-18H2,2-7H3,(H,31,32)/t20-,21?,22+,23-,24-,27+,28+,29+,30-/m1/s1. The summed E-state index contributed by atoms with van der Waals surface area (Å²) in [5.74, 6) is 2.40. The molecule has 1 unspecified atom stereocenters. The molecule has 5 saturated carbocycles. The van der Waals surface area contributed by atoms with Crippen molar-refractivity contribution < 1.29 is 9.90 Å². The fourth-order valence-electron chi connectivity index (χ4n) is 11.9. The van der Waals surface area contributed by atoms with E-state index >= 15 is 0 Å². The topological polar surface area (TPSA) is 37.3 Å². The van der Waals surface area contributed by atoms with Gasteiger partial charge in [-0.3, -0.25) is 0 Å². The third kappa shape index (κ3) is 2.68. The molecule has 0 aromatic heterocycles. The van der Waals surface area contributed by atoms with Gasteiger partial charge >= 0.3 is 5.97 Å². The lowest BCUT2D eigenvalue weighted by atomic mass is 9.32. The summed E-state index contributed by atoms with van der Waals surface area (Å²) in [5.41, 5.74) is 2.57. The van der Waals surface area contributed by atoms with Crippen LogP contribution < -0.4 is 0 Å². The van der Waals surface area contributed by atoms with E-state index in [-0.39, 0.29) is 11.3 Å². The number of rotatable bonds is 2. The van der Waals surface area contributed by atoms with Gasteiger partial charge in [0, 0.05) is 5.57 Å². The van der Waals surface area contributed by atoms with Crippen LogP contribution in [0.15, 0.2) is 12.2 Å². The quantitative estimate of drug-likeness (QED) is 0.440. The first-order valence-electron chi connectivity index (χ1n) is 13.7. The smallest absolute Gasteiger partial charge is 0.331 e. The Morgan fingerprint density at radius 2 is 1.31 bits per heavy atom. The van der Waals surface area contributed by atoms with Gasteiger partial charge in [0.15, 0.2) is 0 Å². The molecule has 2 heteroatoms. The third-order valence-corrected chi connectivity index (χ3v) is 13.4. The average molecular weight is 441 g/mol. The Kier molecular flexibility index (Phi) is 4.94. The first-order chi connectivity index (χ1) is 14.8. The number of carbonyl (C=O) groups is 1. The summed E-state index contributed by atoms with van der Waals surface area (Å²) in [5, 5.41) is 9.68. The van der Waals surface area contributed by atoms with E-state index in [1.54, 1.807) is 0 Å². The highest BCUT2D eigenvalue weighted by Crippen LogP contribution is 2.78. The minimum absolute atomic E-state index is 0.194. The molecule has 0 spiro atoms. The second-order valence-corrected chi connectivity index (χ2v) is 14.6. The van der Waals surface area contributed by atoms with Crippen LogP contribution in [-0.2, 0) is 4.79 Å². The number of hydrogen-bond donors (Lipinski definition) is 1. The highest BCUT2D eigenvalue weighted by atomic mass is 16.4. The maximum atomic E-state index is 11.8. The lowest BCUT2D eigenvalue weighted by molar-refractivity contribution is -0.240. The van der Waals surface area contributed by atoms with Crippen LogP contribution in [0.4, 0.5) is 0 Å². The largest absolute Gasteiger partial charge is 0.478 e. The summed E-state index contributed by atoms with van der Waals surface area (Å²) >= 11 is 0. The summed E-state index contributed by atoms with van der Waals surface area (Å²) in [6, 6.07) is 0. The molecule has 0 saturated heterocycles. The van der Waals surface area contributed by atoms with E-state index in [4.69, 9.17) is 0 Å². The highest BCUT2D eigenvalue weighted by Gasteiger charge is 2.70. The second kappa shape index (κ2) is 6.88.